The second-order valence-corrected chi connectivity index (χ2v) is 6.12. The van der Waals surface area contributed by atoms with Gasteiger partial charge < -0.3 is 14.3 Å². The predicted octanol–water partition coefficient (Wildman–Crippen LogP) is 3.09. The maximum Gasteiger partial charge on any atom is 0.247 e. The summed E-state index contributed by atoms with van der Waals surface area (Å²) in [4.78, 5) is 16.2. The van der Waals surface area contributed by atoms with Crippen LogP contribution in [0.2, 0.25) is 0 Å². The molecular formula is C16H13N5O2S. The summed E-state index contributed by atoms with van der Waals surface area (Å²) in [6.07, 6.45) is 3.54. The number of thiazole rings is 1. The first kappa shape index (κ1) is 14.6. The molecule has 1 aromatic carbocycles. The first-order valence-electron chi connectivity index (χ1n) is 7.28. The molecule has 0 saturated carbocycles. The number of carbonyl (C=O) groups is 1. The Balaban J connectivity index is 1.62. The predicted molar refractivity (Wildman–Crippen MR) is 90.7 cm³/mol. The van der Waals surface area contributed by atoms with Crippen LogP contribution in [0.4, 0.5) is 5.13 Å². The minimum absolute atomic E-state index is 0.124. The van der Waals surface area contributed by atoms with Gasteiger partial charge in [-0.15, -0.1) is 21.5 Å². The molecule has 0 atom stereocenters. The lowest BCUT2D eigenvalue weighted by Gasteiger charge is -2.06. The molecule has 0 spiro atoms. The first-order chi connectivity index (χ1) is 11.7. The molecule has 4 rings (SSSR count). The van der Waals surface area contributed by atoms with E-state index in [4.69, 9.17) is 4.42 Å². The lowest BCUT2D eigenvalue weighted by molar-refractivity contribution is -0.116. The molecule has 0 aliphatic heterocycles. The number of fused-ring (bicyclic) bond motifs is 1. The fourth-order valence-corrected chi connectivity index (χ4v) is 3.01. The number of nitrogens with one attached hydrogen (secondary N) is 1. The summed E-state index contributed by atoms with van der Waals surface area (Å²) in [5.74, 6) is 0.860. The normalized spacial score (nSPS) is 11.0. The Morgan fingerprint density at radius 1 is 1.33 bits per heavy atom. The van der Waals surface area contributed by atoms with Crippen LogP contribution in [-0.2, 0) is 11.3 Å². The number of hydrogen-bond acceptors (Lipinski definition) is 6. The van der Waals surface area contributed by atoms with Crippen molar-refractivity contribution in [2.45, 2.75) is 13.5 Å². The van der Waals surface area contributed by atoms with E-state index in [2.05, 4.69) is 20.5 Å². The lowest BCUT2D eigenvalue weighted by atomic mass is 10.1. The maximum absolute atomic E-state index is 12.2. The third kappa shape index (κ3) is 2.79. The van der Waals surface area contributed by atoms with Gasteiger partial charge in [0.2, 0.25) is 17.7 Å². The average Bonchev–Trinajstić information content (AvgIpc) is 3.29. The van der Waals surface area contributed by atoms with Gasteiger partial charge in [0, 0.05) is 35.8 Å². The van der Waals surface area contributed by atoms with Crippen molar-refractivity contribution in [3.8, 4) is 11.5 Å². The molecule has 0 bridgehead atoms. The molecule has 8 heteroatoms. The molecule has 0 aliphatic carbocycles. The highest BCUT2D eigenvalue weighted by Gasteiger charge is 2.11. The third-order valence-electron chi connectivity index (χ3n) is 3.54. The SMILES string of the molecule is Cc1nnc(-c2ccc3ccn(CC(=O)Nc4nccs4)c3c2)o1. The zero-order chi connectivity index (χ0) is 16.5. The van der Waals surface area contributed by atoms with E-state index in [0.29, 0.717) is 16.9 Å². The Kier molecular flexibility index (Phi) is 3.58. The number of hydrogen-bond donors (Lipinski definition) is 1. The summed E-state index contributed by atoms with van der Waals surface area (Å²) >= 11 is 1.39. The molecule has 0 saturated heterocycles. The van der Waals surface area contributed by atoms with Gasteiger partial charge in [0.1, 0.15) is 6.54 Å². The van der Waals surface area contributed by atoms with Crippen molar-refractivity contribution in [3.63, 3.8) is 0 Å². The number of amides is 1. The molecular weight excluding hydrogens is 326 g/mol. The molecule has 1 N–H and O–H groups in total. The highest BCUT2D eigenvalue weighted by atomic mass is 32.1. The monoisotopic (exact) mass is 339 g/mol. The van der Waals surface area contributed by atoms with E-state index >= 15 is 0 Å². The second kappa shape index (κ2) is 5.89. The fourth-order valence-electron chi connectivity index (χ4n) is 2.47. The van der Waals surface area contributed by atoms with Crippen LogP contribution in [0.15, 0.2) is 46.5 Å². The van der Waals surface area contributed by atoms with Crippen LogP contribution in [-0.4, -0.2) is 25.7 Å². The van der Waals surface area contributed by atoms with Crippen LogP contribution in [0.25, 0.3) is 22.4 Å². The number of anilines is 1. The molecule has 0 radical (unpaired) electrons. The van der Waals surface area contributed by atoms with Crippen molar-refractivity contribution >= 4 is 33.3 Å². The average molecular weight is 339 g/mol. The van der Waals surface area contributed by atoms with Crippen LogP contribution in [0.5, 0.6) is 0 Å². The molecule has 7 nitrogen and oxygen atoms in total. The van der Waals surface area contributed by atoms with Crippen LogP contribution in [0.1, 0.15) is 5.89 Å². The summed E-state index contributed by atoms with van der Waals surface area (Å²) in [5, 5.41) is 14.1. The van der Waals surface area contributed by atoms with E-state index in [-0.39, 0.29) is 12.5 Å². The van der Waals surface area contributed by atoms with E-state index in [9.17, 15) is 4.79 Å². The van der Waals surface area contributed by atoms with E-state index in [1.165, 1.54) is 11.3 Å². The van der Waals surface area contributed by atoms with Gasteiger partial charge >= 0.3 is 0 Å². The number of rotatable bonds is 4. The van der Waals surface area contributed by atoms with Gasteiger partial charge in [-0.25, -0.2) is 4.98 Å². The summed E-state index contributed by atoms with van der Waals surface area (Å²) in [6, 6.07) is 7.81. The fraction of sp³-hybridized carbons (Fsp3) is 0.125. The van der Waals surface area contributed by atoms with E-state index in [1.54, 1.807) is 13.1 Å². The Labute approximate surface area is 141 Å². The summed E-state index contributed by atoms with van der Waals surface area (Å²) in [7, 11) is 0. The van der Waals surface area contributed by atoms with E-state index in [1.807, 2.05) is 40.4 Å². The van der Waals surface area contributed by atoms with Gasteiger partial charge in [0.15, 0.2) is 5.13 Å². The van der Waals surface area contributed by atoms with Gasteiger partial charge in [-0.1, -0.05) is 6.07 Å². The topological polar surface area (TPSA) is 85.8 Å². The van der Waals surface area contributed by atoms with Crippen molar-refractivity contribution in [2.75, 3.05) is 5.32 Å². The molecule has 0 fully saturated rings. The van der Waals surface area contributed by atoms with Gasteiger partial charge in [-0.2, -0.15) is 0 Å². The zero-order valence-corrected chi connectivity index (χ0v) is 13.6. The standard InChI is InChI=1S/C16H13N5O2S/c1-10-19-20-15(23-10)12-3-2-11-4-6-21(13(11)8-12)9-14(22)18-16-17-5-7-24-16/h2-8H,9H2,1H3,(H,17,18,22). The Morgan fingerprint density at radius 2 is 2.25 bits per heavy atom. The van der Waals surface area contributed by atoms with Crippen LogP contribution < -0.4 is 5.32 Å². The van der Waals surface area contributed by atoms with Gasteiger partial charge in [0.05, 0.1) is 0 Å². The molecule has 1 amide bonds. The summed E-state index contributed by atoms with van der Waals surface area (Å²) in [6.45, 7) is 1.95. The van der Waals surface area contributed by atoms with Crippen LogP contribution in [0.3, 0.4) is 0 Å². The smallest absolute Gasteiger partial charge is 0.247 e. The first-order valence-corrected chi connectivity index (χ1v) is 8.16. The van der Waals surface area contributed by atoms with Crippen molar-refractivity contribution in [1.29, 1.82) is 0 Å². The number of aryl methyl sites for hydroxylation is 1. The molecule has 4 aromatic rings. The highest BCUT2D eigenvalue weighted by molar-refractivity contribution is 7.13. The highest BCUT2D eigenvalue weighted by Crippen LogP contribution is 2.24. The largest absolute Gasteiger partial charge is 0.421 e. The Hall–Kier alpha value is -3.00. The molecule has 3 heterocycles. The van der Waals surface area contributed by atoms with Crippen LogP contribution in [0, 0.1) is 6.92 Å². The van der Waals surface area contributed by atoms with Crippen molar-refractivity contribution in [1.82, 2.24) is 19.7 Å². The number of carbonyl (C=O) groups excluding carboxylic acids is 1. The van der Waals surface area contributed by atoms with E-state index in [0.717, 1.165) is 16.5 Å². The molecule has 120 valence electrons. The zero-order valence-electron chi connectivity index (χ0n) is 12.8. The quantitative estimate of drug-likeness (QED) is 0.617. The molecule has 0 unspecified atom stereocenters. The van der Waals surface area contributed by atoms with Crippen molar-refractivity contribution in [2.24, 2.45) is 0 Å². The van der Waals surface area contributed by atoms with E-state index < -0.39 is 0 Å². The second-order valence-electron chi connectivity index (χ2n) is 5.23. The third-order valence-corrected chi connectivity index (χ3v) is 4.23. The van der Waals surface area contributed by atoms with Crippen molar-refractivity contribution in [3.05, 3.63) is 47.9 Å². The number of nitrogens with zero attached hydrogens (tertiary/aromatic N) is 4. The molecule has 0 aliphatic rings. The summed E-state index contributed by atoms with van der Waals surface area (Å²) < 4.78 is 7.35. The van der Waals surface area contributed by atoms with Crippen LogP contribution >= 0.6 is 11.3 Å². The van der Waals surface area contributed by atoms with Gasteiger partial charge in [-0.05, 0) is 23.6 Å². The van der Waals surface area contributed by atoms with Gasteiger partial charge in [-0.3, -0.25) is 4.79 Å². The molecule has 24 heavy (non-hydrogen) atoms. The van der Waals surface area contributed by atoms with Crippen molar-refractivity contribution < 1.29 is 9.21 Å². The Morgan fingerprint density at radius 3 is 3.00 bits per heavy atom. The minimum Gasteiger partial charge on any atom is -0.421 e. The Bertz CT molecular complexity index is 1000. The summed E-state index contributed by atoms with van der Waals surface area (Å²) in [5.41, 5.74) is 1.75. The number of aromatic nitrogens is 4. The molecule has 3 aromatic heterocycles. The maximum atomic E-state index is 12.2. The lowest BCUT2D eigenvalue weighted by Crippen LogP contribution is -2.18. The van der Waals surface area contributed by atoms with Gasteiger partial charge in [0.25, 0.3) is 0 Å². The minimum atomic E-state index is -0.124. The number of benzene rings is 1.